The summed E-state index contributed by atoms with van der Waals surface area (Å²) >= 11 is 6.87. The van der Waals surface area contributed by atoms with Crippen molar-refractivity contribution in [2.24, 2.45) is 0 Å². The van der Waals surface area contributed by atoms with Gasteiger partial charge in [0, 0.05) is 23.9 Å². The van der Waals surface area contributed by atoms with E-state index in [9.17, 15) is 4.79 Å². The average Bonchev–Trinajstić information content (AvgIpc) is 3.57. The van der Waals surface area contributed by atoms with Crippen LogP contribution in [-0.2, 0) is 9.53 Å². The number of carbonyl (C=O) groups is 1. The highest BCUT2D eigenvalue weighted by Crippen LogP contribution is 2.36. The Balaban J connectivity index is 1.54. The minimum Gasteiger partial charge on any atom is -0.497 e. The van der Waals surface area contributed by atoms with E-state index in [1.807, 2.05) is 72.4 Å². The van der Waals surface area contributed by atoms with Crippen molar-refractivity contribution in [3.63, 3.8) is 0 Å². The van der Waals surface area contributed by atoms with Gasteiger partial charge in [-0.3, -0.25) is 9.69 Å². The maximum atomic E-state index is 13.2. The smallest absolute Gasteiger partial charge is 0.266 e. The summed E-state index contributed by atoms with van der Waals surface area (Å²) in [6.45, 7) is 3.29. The van der Waals surface area contributed by atoms with Crippen LogP contribution in [0.2, 0.25) is 0 Å². The number of thioether (sulfide) groups is 1. The van der Waals surface area contributed by atoms with Crippen molar-refractivity contribution < 1.29 is 14.3 Å². The van der Waals surface area contributed by atoms with Gasteiger partial charge in [0.1, 0.15) is 15.8 Å². The molecule has 0 bridgehead atoms. The average molecular weight is 492 g/mol. The zero-order chi connectivity index (χ0) is 23.7. The molecule has 1 aromatic heterocycles. The summed E-state index contributed by atoms with van der Waals surface area (Å²) in [4.78, 5) is 15.5. The second-order valence-corrected chi connectivity index (χ2v) is 10.00. The van der Waals surface area contributed by atoms with E-state index >= 15 is 0 Å². The molecule has 0 aliphatic carbocycles. The number of hydrogen-bond acceptors (Lipinski definition) is 6. The first kappa shape index (κ1) is 22.8. The Labute approximate surface area is 208 Å². The highest BCUT2D eigenvalue weighted by atomic mass is 32.2. The molecule has 2 aliphatic heterocycles. The van der Waals surface area contributed by atoms with Crippen LogP contribution in [0.3, 0.4) is 0 Å². The third-order valence-electron chi connectivity index (χ3n) is 6.02. The number of amides is 1. The maximum absolute atomic E-state index is 13.2. The number of ether oxygens (including phenoxy) is 2. The van der Waals surface area contributed by atoms with E-state index in [1.54, 1.807) is 12.0 Å². The van der Waals surface area contributed by atoms with Crippen LogP contribution in [0.25, 0.3) is 23.0 Å². The molecule has 6 nitrogen and oxygen atoms in total. The van der Waals surface area contributed by atoms with Gasteiger partial charge < -0.3 is 9.47 Å². The quantitative estimate of drug-likeness (QED) is 0.347. The third-order valence-corrected chi connectivity index (χ3v) is 7.40. The Morgan fingerprint density at radius 2 is 2.09 bits per heavy atom. The molecule has 1 amide bonds. The van der Waals surface area contributed by atoms with Gasteiger partial charge in [-0.05, 0) is 61.7 Å². The number of methoxy groups -OCH3 is 1. The summed E-state index contributed by atoms with van der Waals surface area (Å²) in [5.74, 6) is 0.718. The second-order valence-electron chi connectivity index (χ2n) is 8.32. The van der Waals surface area contributed by atoms with E-state index in [0.717, 1.165) is 53.3 Å². The number of carbonyl (C=O) groups excluding carboxylic acids is 1. The molecule has 5 rings (SSSR count). The van der Waals surface area contributed by atoms with E-state index < -0.39 is 0 Å². The van der Waals surface area contributed by atoms with Gasteiger partial charge in [0.2, 0.25) is 0 Å². The highest BCUT2D eigenvalue weighted by Gasteiger charge is 2.35. The highest BCUT2D eigenvalue weighted by molar-refractivity contribution is 8.26. The summed E-state index contributed by atoms with van der Waals surface area (Å²) in [5.41, 5.74) is 4.62. The van der Waals surface area contributed by atoms with Crippen molar-refractivity contribution in [2.75, 3.05) is 20.3 Å². The molecule has 174 valence electrons. The molecular weight excluding hydrogens is 466 g/mol. The van der Waals surface area contributed by atoms with Gasteiger partial charge in [-0.2, -0.15) is 5.10 Å². The van der Waals surface area contributed by atoms with Crippen molar-refractivity contribution in [2.45, 2.75) is 25.9 Å². The van der Waals surface area contributed by atoms with Gasteiger partial charge >= 0.3 is 0 Å². The molecule has 0 N–H and O–H groups in total. The van der Waals surface area contributed by atoms with Crippen LogP contribution in [0.4, 0.5) is 0 Å². The number of rotatable bonds is 6. The number of benzene rings is 2. The Kier molecular flexibility index (Phi) is 6.54. The number of para-hydroxylation sites is 1. The lowest BCUT2D eigenvalue weighted by atomic mass is 10.0. The fourth-order valence-corrected chi connectivity index (χ4v) is 5.50. The van der Waals surface area contributed by atoms with Crippen LogP contribution >= 0.6 is 24.0 Å². The molecule has 1 atom stereocenters. The predicted octanol–water partition coefficient (Wildman–Crippen LogP) is 5.24. The van der Waals surface area contributed by atoms with Gasteiger partial charge in [-0.25, -0.2) is 4.68 Å². The van der Waals surface area contributed by atoms with E-state index in [4.69, 9.17) is 26.8 Å². The number of aryl methyl sites for hydroxylation is 1. The summed E-state index contributed by atoms with van der Waals surface area (Å²) in [6, 6.07) is 15.9. The number of thiocarbonyl (C=S) groups is 1. The summed E-state index contributed by atoms with van der Waals surface area (Å²) < 4.78 is 13.5. The topological polar surface area (TPSA) is 56.6 Å². The SMILES string of the molecule is COc1ccc(-c2nn(-c3ccccc3)cc2/C=C2\SC(=S)N(C[C@@H]3CCCO3)C2=O)c(C)c1. The van der Waals surface area contributed by atoms with Crippen LogP contribution in [0.15, 0.2) is 59.6 Å². The molecular formula is C26H25N3O3S2. The van der Waals surface area contributed by atoms with Crippen LogP contribution in [0.1, 0.15) is 24.0 Å². The summed E-state index contributed by atoms with van der Waals surface area (Å²) in [6.07, 6.45) is 5.90. The molecule has 2 saturated heterocycles. The first-order valence-corrected chi connectivity index (χ1v) is 12.4. The van der Waals surface area contributed by atoms with E-state index in [-0.39, 0.29) is 12.0 Å². The van der Waals surface area contributed by atoms with Gasteiger partial charge in [-0.1, -0.05) is 42.2 Å². The predicted molar refractivity (Wildman–Crippen MR) is 139 cm³/mol. The molecule has 2 fully saturated rings. The van der Waals surface area contributed by atoms with E-state index in [1.165, 1.54) is 11.8 Å². The summed E-state index contributed by atoms with van der Waals surface area (Å²) in [7, 11) is 1.66. The molecule has 0 spiro atoms. The molecule has 2 aromatic carbocycles. The Morgan fingerprint density at radius 1 is 1.26 bits per heavy atom. The molecule has 8 heteroatoms. The monoisotopic (exact) mass is 491 g/mol. The Hall–Kier alpha value is -2.94. The molecule has 2 aliphatic rings. The number of aromatic nitrogens is 2. The molecule has 0 saturated carbocycles. The lowest BCUT2D eigenvalue weighted by Gasteiger charge is -2.18. The number of nitrogens with zero attached hydrogens (tertiary/aromatic N) is 3. The van der Waals surface area contributed by atoms with Crippen molar-refractivity contribution in [1.29, 1.82) is 0 Å². The minimum atomic E-state index is -0.0737. The van der Waals surface area contributed by atoms with Crippen LogP contribution < -0.4 is 4.74 Å². The normalized spacial score (nSPS) is 19.4. The van der Waals surface area contributed by atoms with Gasteiger partial charge in [0.15, 0.2) is 0 Å². The van der Waals surface area contributed by atoms with Crippen LogP contribution in [-0.4, -0.2) is 51.3 Å². The van der Waals surface area contributed by atoms with Crippen molar-refractivity contribution in [1.82, 2.24) is 14.7 Å². The number of hydrogen-bond donors (Lipinski definition) is 0. The van der Waals surface area contributed by atoms with Crippen molar-refractivity contribution in [3.05, 3.63) is 70.8 Å². The lowest BCUT2D eigenvalue weighted by Crippen LogP contribution is -2.35. The fraction of sp³-hybridized carbons (Fsp3) is 0.269. The van der Waals surface area contributed by atoms with Crippen LogP contribution in [0.5, 0.6) is 5.75 Å². The van der Waals surface area contributed by atoms with E-state index in [2.05, 4.69) is 0 Å². The molecule has 0 radical (unpaired) electrons. The minimum absolute atomic E-state index is 0.0557. The zero-order valence-electron chi connectivity index (χ0n) is 19.1. The Bertz CT molecular complexity index is 1260. The largest absolute Gasteiger partial charge is 0.497 e. The van der Waals surface area contributed by atoms with Crippen LogP contribution in [0, 0.1) is 6.92 Å². The molecule has 34 heavy (non-hydrogen) atoms. The second kappa shape index (κ2) is 9.74. The van der Waals surface area contributed by atoms with Gasteiger partial charge in [0.05, 0.1) is 30.4 Å². The van der Waals surface area contributed by atoms with Gasteiger partial charge in [0.25, 0.3) is 5.91 Å². The maximum Gasteiger partial charge on any atom is 0.266 e. The van der Waals surface area contributed by atoms with Gasteiger partial charge in [-0.15, -0.1) is 0 Å². The molecule has 3 aromatic rings. The summed E-state index contributed by atoms with van der Waals surface area (Å²) in [5, 5.41) is 4.90. The standard InChI is InChI=1S/C26H25N3O3S2/c1-17-13-20(31-2)10-11-22(17)24-18(15-29(27-24)19-7-4-3-5-8-19)14-23-25(30)28(26(33)34-23)16-21-9-6-12-32-21/h3-5,7-8,10-11,13-15,21H,6,9,12,16H2,1-2H3/b23-14-/t21-/m0/s1. The third kappa shape index (κ3) is 4.53. The first-order chi connectivity index (χ1) is 16.5. The van der Waals surface area contributed by atoms with E-state index in [0.29, 0.717) is 15.8 Å². The zero-order valence-corrected chi connectivity index (χ0v) is 20.7. The molecule has 0 unspecified atom stereocenters. The lowest BCUT2D eigenvalue weighted by molar-refractivity contribution is -0.123. The molecule has 3 heterocycles. The fourth-order valence-electron chi connectivity index (χ4n) is 4.23. The Morgan fingerprint density at radius 3 is 2.79 bits per heavy atom. The van der Waals surface area contributed by atoms with Crippen molar-refractivity contribution >= 4 is 40.3 Å². The van der Waals surface area contributed by atoms with Crippen molar-refractivity contribution in [3.8, 4) is 22.7 Å². The first-order valence-electron chi connectivity index (χ1n) is 11.2.